The zero-order valence-corrected chi connectivity index (χ0v) is 9.37. The quantitative estimate of drug-likeness (QED) is 0.632. The van der Waals surface area contributed by atoms with Crippen molar-refractivity contribution in [2.45, 2.75) is 0 Å². The highest BCUT2D eigenvalue weighted by Crippen LogP contribution is 2.15. The highest BCUT2D eigenvalue weighted by molar-refractivity contribution is 5.59. The maximum Gasteiger partial charge on any atom is 0.282 e. The molecule has 0 spiro atoms. The van der Waals surface area contributed by atoms with E-state index < -0.39 is 0 Å². The number of hydrogen-bond donors (Lipinski definition) is 0. The molecule has 0 atom stereocenters. The van der Waals surface area contributed by atoms with Crippen molar-refractivity contribution < 1.29 is 0 Å². The minimum atomic E-state index is -0.0811. The van der Waals surface area contributed by atoms with E-state index in [1.807, 2.05) is 54.2 Å². The summed E-state index contributed by atoms with van der Waals surface area (Å²) in [5.74, 6) is 0. The average molecular weight is 225 g/mol. The minimum absolute atomic E-state index is 0.0811. The number of pyridine rings is 1. The predicted molar refractivity (Wildman–Crippen MR) is 65.4 cm³/mol. The molecule has 1 aromatic rings. The van der Waals surface area contributed by atoms with Gasteiger partial charge in [0.2, 0.25) is 0 Å². The van der Waals surface area contributed by atoms with Gasteiger partial charge in [0, 0.05) is 19.4 Å². The molecule has 0 aromatic heterocycles. The maximum atomic E-state index is 12.2. The number of rotatable bonds is 1. The van der Waals surface area contributed by atoms with Crippen LogP contribution >= 0.6 is 0 Å². The van der Waals surface area contributed by atoms with Crippen LogP contribution in [0.4, 0.5) is 0 Å². The summed E-state index contributed by atoms with van der Waals surface area (Å²) in [5.41, 5.74) is 2.06. The fourth-order valence-corrected chi connectivity index (χ4v) is 1.85. The Bertz CT molecular complexity index is 682. The van der Waals surface area contributed by atoms with Crippen LogP contribution in [0.3, 0.4) is 0 Å². The first-order valence-electron chi connectivity index (χ1n) is 5.36. The van der Waals surface area contributed by atoms with Crippen LogP contribution in [0, 0.1) is 0 Å². The molecule has 0 saturated heterocycles. The Hall–Kier alpha value is -2.36. The van der Waals surface area contributed by atoms with E-state index in [4.69, 9.17) is 0 Å². The van der Waals surface area contributed by atoms with E-state index in [0.29, 0.717) is 5.56 Å². The summed E-state index contributed by atoms with van der Waals surface area (Å²) >= 11 is 0. The second-order valence-electron chi connectivity index (χ2n) is 3.96. The van der Waals surface area contributed by atoms with Crippen LogP contribution in [-0.2, 0) is 7.05 Å². The molecule has 0 saturated carbocycles. The van der Waals surface area contributed by atoms with Crippen LogP contribution in [0.5, 0.6) is 0 Å². The van der Waals surface area contributed by atoms with Crippen molar-refractivity contribution in [3.05, 3.63) is 59.1 Å². The van der Waals surface area contributed by atoms with Gasteiger partial charge in [0.1, 0.15) is 0 Å². The lowest BCUT2D eigenvalue weighted by Gasteiger charge is -1.97. The van der Waals surface area contributed by atoms with Gasteiger partial charge in [-0.3, -0.25) is 4.79 Å². The zero-order valence-electron chi connectivity index (χ0n) is 9.37. The standard InChI is InChI=1S/C13H11N3O/c1-15-8-7-12-11(9-15)13(17)16(14-12)10-5-3-2-4-6-10/h2-9H,1H3. The van der Waals surface area contributed by atoms with Crippen LogP contribution in [0.2, 0.25) is 0 Å². The second-order valence-corrected chi connectivity index (χ2v) is 3.96. The lowest BCUT2D eigenvalue weighted by atomic mass is 10.2. The second kappa shape index (κ2) is 3.59. The molecule has 0 N–H and O–H groups in total. The number of hydrogen-bond acceptors (Lipinski definition) is 2. The number of para-hydroxylation sites is 1. The first kappa shape index (κ1) is 9.84. The van der Waals surface area contributed by atoms with Gasteiger partial charge in [0.15, 0.2) is 0 Å². The van der Waals surface area contributed by atoms with Crippen molar-refractivity contribution in [3.63, 3.8) is 0 Å². The number of aryl methyl sites for hydroxylation is 1. The van der Waals surface area contributed by atoms with Crippen LogP contribution in [-0.4, -0.2) is 14.3 Å². The van der Waals surface area contributed by atoms with Crippen molar-refractivity contribution in [2.24, 2.45) is 7.05 Å². The monoisotopic (exact) mass is 225 g/mol. The molecule has 0 amide bonds. The Morgan fingerprint density at radius 1 is 1.12 bits per heavy atom. The molecule has 0 unspecified atom stereocenters. The number of benzene rings is 1. The van der Waals surface area contributed by atoms with Crippen molar-refractivity contribution in [2.75, 3.05) is 0 Å². The topological polar surface area (TPSA) is 39.8 Å². The fraction of sp³-hybridized carbons (Fsp3) is 0.0769. The van der Waals surface area contributed by atoms with Crippen molar-refractivity contribution in [1.29, 1.82) is 0 Å². The third kappa shape index (κ3) is 1.54. The Morgan fingerprint density at radius 3 is 2.65 bits per heavy atom. The minimum Gasteiger partial charge on any atom is -0.356 e. The molecule has 17 heavy (non-hydrogen) atoms. The van der Waals surface area contributed by atoms with E-state index in [9.17, 15) is 4.79 Å². The van der Waals surface area contributed by atoms with E-state index in [-0.39, 0.29) is 5.56 Å². The summed E-state index contributed by atoms with van der Waals surface area (Å²) in [5, 5.41) is 4.31. The fourth-order valence-electron chi connectivity index (χ4n) is 1.85. The van der Waals surface area contributed by atoms with Gasteiger partial charge in [-0.1, -0.05) is 18.2 Å². The van der Waals surface area contributed by atoms with Crippen molar-refractivity contribution in [1.82, 2.24) is 14.3 Å². The largest absolute Gasteiger partial charge is 0.356 e. The van der Waals surface area contributed by atoms with Gasteiger partial charge in [-0.2, -0.15) is 9.78 Å². The lowest BCUT2D eigenvalue weighted by molar-refractivity contribution is 0.857. The van der Waals surface area contributed by atoms with E-state index in [1.165, 1.54) is 4.68 Å². The van der Waals surface area contributed by atoms with Gasteiger partial charge >= 0.3 is 0 Å². The first-order valence-corrected chi connectivity index (χ1v) is 5.36. The van der Waals surface area contributed by atoms with Gasteiger partial charge < -0.3 is 4.57 Å². The average Bonchev–Trinajstić information content (AvgIpc) is 2.68. The molecular weight excluding hydrogens is 214 g/mol. The summed E-state index contributed by atoms with van der Waals surface area (Å²) in [6.07, 6.45) is 3.67. The third-order valence-electron chi connectivity index (χ3n) is 2.71. The molecule has 84 valence electrons. The number of aromatic nitrogens is 3. The van der Waals surface area contributed by atoms with Crippen LogP contribution in [0.1, 0.15) is 0 Å². The molecule has 2 heterocycles. The van der Waals surface area contributed by atoms with Gasteiger partial charge in [-0.15, -0.1) is 0 Å². The highest BCUT2D eigenvalue weighted by atomic mass is 16.1. The number of nitrogens with zero attached hydrogens (tertiary/aromatic N) is 3. The molecular formula is C13H11N3O. The summed E-state index contributed by atoms with van der Waals surface area (Å²) < 4.78 is 3.28. The van der Waals surface area contributed by atoms with Gasteiger partial charge in [0.25, 0.3) is 5.56 Å². The van der Waals surface area contributed by atoms with Crippen LogP contribution in [0.25, 0.3) is 16.9 Å². The van der Waals surface area contributed by atoms with Gasteiger partial charge in [-0.25, -0.2) is 0 Å². The molecule has 2 aliphatic heterocycles. The van der Waals surface area contributed by atoms with Gasteiger partial charge in [0.05, 0.1) is 16.9 Å². The molecule has 0 bridgehead atoms. The first-order chi connectivity index (χ1) is 8.25. The number of fused-ring (bicyclic) bond motifs is 1. The molecule has 4 nitrogen and oxygen atoms in total. The molecule has 0 fully saturated rings. The SMILES string of the molecule is Cn1ccc2nn(-c3ccccc3)c(=O)c-2c1. The maximum absolute atomic E-state index is 12.2. The Kier molecular flexibility index (Phi) is 2.08. The smallest absolute Gasteiger partial charge is 0.282 e. The van der Waals surface area contributed by atoms with E-state index in [0.717, 1.165) is 11.4 Å². The van der Waals surface area contributed by atoms with Crippen molar-refractivity contribution >= 4 is 0 Å². The highest BCUT2D eigenvalue weighted by Gasteiger charge is 2.15. The summed E-state index contributed by atoms with van der Waals surface area (Å²) in [6.45, 7) is 0. The summed E-state index contributed by atoms with van der Waals surface area (Å²) in [4.78, 5) is 12.2. The molecule has 1 aromatic carbocycles. The zero-order chi connectivity index (χ0) is 11.8. The Balaban J connectivity index is 2.30. The normalized spacial score (nSPS) is 10.9. The van der Waals surface area contributed by atoms with E-state index in [2.05, 4.69) is 5.10 Å². The van der Waals surface area contributed by atoms with Crippen molar-refractivity contribution in [3.8, 4) is 16.9 Å². The molecule has 0 aliphatic carbocycles. The molecule has 4 heteroatoms. The molecule has 2 aliphatic rings. The molecule has 3 rings (SSSR count). The predicted octanol–water partition coefficient (Wildman–Crippen LogP) is 1.68. The van der Waals surface area contributed by atoms with E-state index in [1.54, 1.807) is 6.20 Å². The van der Waals surface area contributed by atoms with Gasteiger partial charge in [-0.05, 0) is 18.2 Å². The lowest BCUT2D eigenvalue weighted by Crippen LogP contribution is -2.14. The van der Waals surface area contributed by atoms with Crippen LogP contribution in [0.15, 0.2) is 53.6 Å². The Labute approximate surface area is 98.1 Å². The summed E-state index contributed by atoms with van der Waals surface area (Å²) in [6, 6.07) is 11.3. The Morgan fingerprint density at radius 2 is 1.88 bits per heavy atom. The third-order valence-corrected chi connectivity index (χ3v) is 2.71. The van der Waals surface area contributed by atoms with E-state index >= 15 is 0 Å². The molecule has 0 radical (unpaired) electrons. The van der Waals surface area contributed by atoms with Crippen LogP contribution < -0.4 is 5.56 Å². The summed E-state index contributed by atoms with van der Waals surface area (Å²) in [7, 11) is 1.89.